The molecule has 0 aromatic rings. The summed E-state index contributed by atoms with van der Waals surface area (Å²) >= 11 is 0. The van der Waals surface area contributed by atoms with Crippen molar-refractivity contribution in [2.24, 2.45) is 5.92 Å². The number of hydrogen-bond acceptors (Lipinski definition) is 6. The third-order valence-electron chi connectivity index (χ3n) is 3.26. The molecule has 0 bridgehead atoms. The number of esters is 2. The van der Waals surface area contributed by atoms with Crippen molar-refractivity contribution in [1.82, 2.24) is 5.32 Å². The predicted molar refractivity (Wildman–Crippen MR) is 68.7 cm³/mol. The summed E-state index contributed by atoms with van der Waals surface area (Å²) in [7, 11) is 2.51. The molecule has 7 nitrogen and oxygen atoms in total. The van der Waals surface area contributed by atoms with Crippen molar-refractivity contribution < 1.29 is 28.6 Å². The minimum absolute atomic E-state index is 0.0159. The molecule has 7 heteroatoms. The van der Waals surface area contributed by atoms with E-state index in [1.54, 1.807) is 6.92 Å². The average molecular weight is 287 g/mol. The fourth-order valence-electron chi connectivity index (χ4n) is 2.06. The van der Waals surface area contributed by atoms with Crippen LogP contribution in [0.4, 0.5) is 0 Å². The van der Waals surface area contributed by atoms with Crippen LogP contribution in [0.25, 0.3) is 0 Å². The molecular weight excluding hydrogens is 266 g/mol. The number of methoxy groups -OCH3 is 2. The van der Waals surface area contributed by atoms with Gasteiger partial charge in [-0.25, -0.2) is 4.79 Å². The van der Waals surface area contributed by atoms with E-state index < -0.39 is 30.0 Å². The third kappa shape index (κ3) is 4.48. The minimum atomic E-state index is -0.893. The standard InChI is InChI=1S/C13H21NO6/c1-8(7-10(15)18-2)11(13(17)19-3)14-12(16)9-5-4-6-20-9/h8-9,11H,4-7H2,1-3H3,(H,14,16)/t8-,9+,11-/m1/s1. The van der Waals surface area contributed by atoms with Gasteiger partial charge in [-0.3, -0.25) is 9.59 Å². The van der Waals surface area contributed by atoms with Crippen LogP contribution in [0, 0.1) is 5.92 Å². The molecule has 0 saturated carbocycles. The Hall–Kier alpha value is -1.63. The highest BCUT2D eigenvalue weighted by atomic mass is 16.5. The summed E-state index contributed by atoms with van der Waals surface area (Å²) in [6.07, 6.45) is 0.929. The highest BCUT2D eigenvalue weighted by molar-refractivity contribution is 5.87. The first-order valence-corrected chi connectivity index (χ1v) is 6.56. The van der Waals surface area contributed by atoms with Gasteiger partial charge in [-0.2, -0.15) is 0 Å². The molecule has 0 aromatic heterocycles. The Kier molecular flexibility index (Phi) is 6.44. The van der Waals surface area contributed by atoms with E-state index in [-0.39, 0.29) is 12.3 Å². The zero-order chi connectivity index (χ0) is 15.1. The van der Waals surface area contributed by atoms with Crippen LogP contribution < -0.4 is 5.32 Å². The number of nitrogens with one attached hydrogen (secondary N) is 1. The number of carbonyl (C=O) groups is 3. The van der Waals surface area contributed by atoms with Crippen LogP contribution >= 0.6 is 0 Å². The van der Waals surface area contributed by atoms with E-state index in [2.05, 4.69) is 14.8 Å². The Morgan fingerprint density at radius 1 is 1.30 bits per heavy atom. The van der Waals surface area contributed by atoms with Gasteiger partial charge in [-0.1, -0.05) is 6.92 Å². The molecule has 1 aliphatic heterocycles. The second-order valence-corrected chi connectivity index (χ2v) is 4.77. The van der Waals surface area contributed by atoms with Gasteiger partial charge >= 0.3 is 11.9 Å². The second kappa shape index (κ2) is 7.84. The third-order valence-corrected chi connectivity index (χ3v) is 3.26. The summed E-state index contributed by atoms with van der Waals surface area (Å²) in [5.74, 6) is -1.82. The lowest BCUT2D eigenvalue weighted by Gasteiger charge is -2.23. The van der Waals surface area contributed by atoms with Crippen LogP contribution in [0.15, 0.2) is 0 Å². The van der Waals surface area contributed by atoms with E-state index in [0.717, 1.165) is 6.42 Å². The summed E-state index contributed by atoms with van der Waals surface area (Å²) in [4.78, 5) is 35.0. The molecule has 0 aliphatic carbocycles. The molecule has 0 radical (unpaired) electrons. The first kappa shape index (κ1) is 16.4. The van der Waals surface area contributed by atoms with Gasteiger partial charge in [-0.05, 0) is 18.8 Å². The van der Waals surface area contributed by atoms with Crippen molar-refractivity contribution in [2.45, 2.75) is 38.3 Å². The summed E-state index contributed by atoms with van der Waals surface area (Å²) in [6.45, 7) is 2.22. The fourth-order valence-corrected chi connectivity index (χ4v) is 2.06. The lowest BCUT2D eigenvalue weighted by molar-refractivity contribution is -0.149. The maximum Gasteiger partial charge on any atom is 0.328 e. The largest absolute Gasteiger partial charge is 0.469 e. The number of carbonyl (C=O) groups excluding carboxylic acids is 3. The Balaban J connectivity index is 2.65. The monoisotopic (exact) mass is 287 g/mol. The Bertz CT molecular complexity index is 364. The molecule has 1 saturated heterocycles. The zero-order valence-electron chi connectivity index (χ0n) is 12.0. The molecule has 0 spiro atoms. The SMILES string of the molecule is COC(=O)C[C@@H](C)[C@@H](NC(=O)[C@@H]1CCCO1)C(=O)OC. The molecule has 1 heterocycles. The zero-order valence-corrected chi connectivity index (χ0v) is 12.0. The Morgan fingerprint density at radius 2 is 2.00 bits per heavy atom. The normalized spacial score (nSPS) is 20.9. The highest BCUT2D eigenvalue weighted by Crippen LogP contribution is 2.15. The van der Waals surface area contributed by atoms with E-state index in [9.17, 15) is 14.4 Å². The van der Waals surface area contributed by atoms with E-state index >= 15 is 0 Å². The lowest BCUT2D eigenvalue weighted by Crippen LogP contribution is -2.49. The maximum atomic E-state index is 12.0. The number of hydrogen-bond donors (Lipinski definition) is 1. The van der Waals surface area contributed by atoms with Gasteiger partial charge in [0.2, 0.25) is 5.91 Å². The van der Waals surface area contributed by atoms with Gasteiger partial charge in [0.25, 0.3) is 0 Å². The Labute approximate surface area is 117 Å². The highest BCUT2D eigenvalue weighted by Gasteiger charge is 2.33. The first-order valence-electron chi connectivity index (χ1n) is 6.56. The van der Waals surface area contributed by atoms with Crippen LogP contribution in [-0.4, -0.2) is 50.8 Å². The summed E-state index contributed by atoms with van der Waals surface area (Å²) in [6, 6.07) is -0.893. The molecule has 114 valence electrons. The smallest absolute Gasteiger partial charge is 0.328 e. The van der Waals surface area contributed by atoms with Gasteiger partial charge in [0.1, 0.15) is 12.1 Å². The number of rotatable bonds is 6. The quantitative estimate of drug-likeness (QED) is 0.693. The lowest BCUT2D eigenvalue weighted by atomic mass is 9.98. The minimum Gasteiger partial charge on any atom is -0.469 e. The first-order chi connectivity index (χ1) is 9.49. The molecule has 0 unspecified atom stereocenters. The fraction of sp³-hybridized carbons (Fsp3) is 0.769. The van der Waals surface area contributed by atoms with Gasteiger partial charge in [-0.15, -0.1) is 0 Å². The van der Waals surface area contributed by atoms with E-state index in [1.165, 1.54) is 14.2 Å². The number of ether oxygens (including phenoxy) is 3. The molecule has 1 N–H and O–H groups in total. The van der Waals surface area contributed by atoms with Crippen molar-refractivity contribution in [3.63, 3.8) is 0 Å². The molecule has 1 rings (SSSR count). The molecule has 3 atom stereocenters. The molecule has 20 heavy (non-hydrogen) atoms. The second-order valence-electron chi connectivity index (χ2n) is 4.77. The van der Waals surface area contributed by atoms with Gasteiger partial charge in [0.15, 0.2) is 0 Å². The Morgan fingerprint density at radius 3 is 2.50 bits per heavy atom. The summed E-state index contributed by atoms with van der Waals surface area (Å²) in [5.41, 5.74) is 0. The summed E-state index contributed by atoms with van der Waals surface area (Å²) < 4.78 is 14.5. The van der Waals surface area contributed by atoms with Crippen molar-refractivity contribution in [1.29, 1.82) is 0 Å². The van der Waals surface area contributed by atoms with Gasteiger partial charge in [0.05, 0.1) is 20.6 Å². The van der Waals surface area contributed by atoms with E-state index in [1.807, 2.05) is 0 Å². The van der Waals surface area contributed by atoms with Crippen molar-refractivity contribution >= 4 is 17.8 Å². The van der Waals surface area contributed by atoms with Crippen LogP contribution in [0.3, 0.4) is 0 Å². The van der Waals surface area contributed by atoms with Crippen LogP contribution in [0.1, 0.15) is 26.2 Å². The predicted octanol–water partition coefficient (Wildman–Crippen LogP) is 0.0224. The summed E-state index contributed by atoms with van der Waals surface area (Å²) in [5, 5.41) is 2.59. The van der Waals surface area contributed by atoms with Crippen LogP contribution in [0.2, 0.25) is 0 Å². The number of amides is 1. The van der Waals surface area contributed by atoms with Crippen molar-refractivity contribution in [2.75, 3.05) is 20.8 Å². The van der Waals surface area contributed by atoms with Crippen molar-refractivity contribution in [3.05, 3.63) is 0 Å². The van der Waals surface area contributed by atoms with E-state index in [0.29, 0.717) is 13.0 Å². The van der Waals surface area contributed by atoms with Gasteiger partial charge in [0, 0.05) is 6.61 Å². The average Bonchev–Trinajstić information content (AvgIpc) is 2.97. The van der Waals surface area contributed by atoms with Crippen LogP contribution in [-0.2, 0) is 28.6 Å². The molecular formula is C13H21NO6. The van der Waals surface area contributed by atoms with Crippen LogP contribution in [0.5, 0.6) is 0 Å². The van der Waals surface area contributed by atoms with Gasteiger partial charge < -0.3 is 19.5 Å². The molecule has 0 aromatic carbocycles. The maximum absolute atomic E-state index is 12.0. The topological polar surface area (TPSA) is 90.9 Å². The molecule has 1 aliphatic rings. The van der Waals surface area contributed by atoms with E-state index in [4.69, 9.17) is 4.74 Å². The molecule has 1 fully saturated rings. The van der Waals surface area contributed by atoms with Crippen molar-refractivity contribution in [3.8, 4) is 0 Å². The molecule has 1 amide bonds.